The van der Waals surface area contributed by atoms with Crippen LogP contribution in [-0.2, 0) is 0 Å². The summed E-state index contributed by atoms with van der Waals surface area (Å²) < 4.78 is 10.6. The maximum atomic E-state index is 8.82. The number of aromatic nitrogens is 1. The predicted molar refractivity (Wildman–Crippen MR) is 58.6 cm³/mol. The highest BCUT2D eigenvalue weighted by Crippen LogP contribution is 2.15. The third-order valence-electron chi connectivity index (χ3n) is 1.78. The zero-order chi connectivity index (χ0) is 12.0. The standard InChI is InChI=1S/C11H17NO4/c1-8(2)15-9-3-4-11(12-5-9)16-10(6-13)7-14/h3-5,8,10,13-14H,6-7H2,1-2H3. The Labute approximate surface area is 94.7 Å². The van der Waals surface area contributed by atoms with E-state index in [9.17, 15) is 0 Å². The molecule has 0 aliphatic heterocycles. The topological polar surface area (TPSA) is 71.8 Å². The second kappa shape index (κ2) is 6.30. The number of nitrogens with zero attached hydrogens (tertiary/aromatic N) is 1. The van der Waals surface area contributed by atoms with Gasteiger partial charge in [0.25, 0.3) is 0 Å². The van der Waals surface area contributed by atoms with Crippen LogP contribution >= 0.6 is 0 Å². The average molecular weight is 227 g/mol. The Morgan fingerprint density at radius 2 is 1.88 bits per heavy atom. The van der Waals surface area contributed by atoms with Gasteiger partial charge in [0.05, 0.1) is 25.5 Å². The summed E-state index contributed by atoms with van der Waals surface area (Å²) in [6.07, 6.45) is 1.00. The second-order valence-corrected chi connectivity index (χ2v) is 3.60. The molecule has 0 saturated carbocycles. The van der Waals surface area contributed by atoms with Crippen LogP contribution in [0.25, 0.3) is 0 Å². The molecule has 90 valence electrons. The summed E-state index contributed by atoms with van der Waals surface area (Å²) in [6, 6.07) is 3.37. The maximum Gasteiger partial charge on any atom is 0.213 e. The lowest BCUT2D eigenvalue weighted by molar-refractivity contribution is 0.0595. The van der Waals surface area contributed by atoms with E-state index >= 15 is 0 Å². The highest BCUT2D eigenvalue weighted by Gasteiger charge is 2.08. The van der Waals surface area contributed by atoms with Gasteiger partial charge < -0.3 is 19.7 Å². The van der Waals surface area contributed by atoms with Crippen LogP contribution in [0.2, 0.25) is 0 Å². The van der Waals surface area contributed by atoms with Crippen LogP contribution in [0.5, 0.6) is 11.6 Å². The van der Waals surface area contributed by atoms with Crippen molar-refractivity contribution in [3.8, 4) is 11.6 Å². The van der Waals surface area contributed by atoms with E-state index in [4.69, 9.17) is 19.7 Å². The Morgan fingerprint density at radius 1 is 1.19 bits per heavy atom. The highest BCUT2D eigenvalue weighted by atomic mass is 16.5. The van der Waals surface area contributed by atoms with Crippen LogP contribution in [0, 0.1) is 0 Å². The third-order valence-corrected chi connectivity index (χ3v) is 1.78. The van der Waals surface area contributed by atoms with Gasteiger partial charge in [0, 0.05) is 6.07 Å². The third kappa shape index (κ3) is 4.04. The minimum Gasteiger partial charge on any atom is -0.489 e. The fourth-order valence-electron chi connectivity index (χ4n) is 1.08. The average Bonchev–Trinajstić information content (AvgIpc) is 2.27. The molecule has 16 heavy (non-hydrogen) atoms. The molecule has 1 aromatic rings. The van der Waals surface area contributed by atoms with Gasteiger partial charge in [-0.2, -0.15) is 0 Å². The molecule has 0 saturated heterocycles. The molecule has 0 bridgehead atoms. The number of aliphatic hydroxyl groups excluding tert-OH is 2. The molecule has 1 rings (SSSR count). The first-order chi connectivity index (χ1) is 7.65. The molecular formula is C11H17NO4. The van der Waals surface area contributed by atoms with Crippen molar-refractivity contribution in [2.45, 2.75) is 26.1 Å². The van der Waals surface area contributed by atoms with Gasteiger partial charge in [-0.3, -0.25) is 0 Å². The first-order valence-corrected chi connectivity index (χ1v) is 5.16. The van der Waals surface area contributed by atoms with Crippen LogP contribution in [0.4, 0.5) is 0 Å². The number of rotatable bonds is 6. The maximum absolute atomic E-state index is 8.82. The van der Waals surface area contributed by atoms with Crippen molar-refractivity contribution in [1.82, 2.24) is 4.98 Å². The zero-order valence-electron chi connectivity index (χ0n) is 9.46. The van der Waals surface area contributed by atoms with E-state index in [-0.39, 0.29) is 19.3 Å². The molecule has 0 atom stereocenters. The molecule has 0 spiro atoms. The molecule has 0 amide bonds. The SMILES string of the molecule is CC(C)Oc1ccc(OC(CO)CO)nc1. The monoisotopic (exact) mass is 227 g/mol. The van der Waals surface area contributed by atoms with E-state index in [1.165, 1.54) is 0 Å². The molecule has 0 aliphatic rings. The molecule has 2 N–H and O–H groups in total. The predicted octanol–water partition coefficient (Wildman–Crippen LogP) is 0.601. The van der Waals surface area contributed by atoms with Gasteiger partial charge in [-0.15, -0.1) is 0 Å². The fourth-order valence-corrected chi connectivity index (χ4v) is 1.08. The summed E-state index contributed by atoms with van der Waals surface area (Å²) in [7, 11) is 0. The van der Waals surface area contributed by atoms with Crippen molar-refractivity contribution in [3.05, 3.63) is 18.3 Å². The van der Waals surface area contributed by atoms with Gasteiger partial charge in [-0.05, 0) is 19.9 Å². The number of pyridine rings is 1. The van der Waals surface area contributed by atoms with Gasteiger partial charge in [-0.25, -0.2) is 4.98 Å². The molecule has 5 heteroatoms. The first kappa shape index (κ1) is 12.7. The summed E-state index contributed by atoms with van der Waals surface area (Å²) in [5.74, 6) is 1.01. The summed E-state index contributed by atoms with van der Waals surface area (Å²) in [5.41, 5.74) is 0. The lowest BCUT2D eigenvalue weighted by Gasteiger charge is -2.14. The Balaban J connectivity index is 2.57. The Bertz CT molecular complexity index is 295. The van der Waals surface area contributed by atoms with Crippen LogP contribution in [0.1, 0.15) is 13.8 Å². The summed E-state index contributed by atoms with van der Waals surface area (Å²) in [5, 5.41) is 17.6. The minimum atomic E-state index is -0.635. The normalized spacial score (nSPS) is 10.9. The Morgan fingerprint density at radius 3 is 2.31 bits per heavy atom. The number of hydrogen-bond acceptors (Lipinski definition) is 5. The van der Waals surface area contributed by atoms with Crippen molar-refractivity contribution < 1.29 is 19.7 Å². The van der Waals surface area contributed by atoms with Crippen LogP contribution in [-0.4, -0.2) is 40.6 Å². The zero-order valence-corrected chi connectivity index (χ0v) is 9.46. The van der Waals surface area contributed by atoms with Crippen molar-refractivity contribution in [2.24, 2.45) is 0 Å². The molecule has 0 aromatic carbocycles. The van der Waals surface area contributed by atoms with E-state index in [0.717, 1.165) is 0 Å². The lowest BCUT2D eigenvalue weighted by Crippen LogP contribution is -2.25. The van der Waals surface area contributed by atoms with Crippen molar-refractivity contribution in [1.29, 1.82) is 0 Å². The Kier molecular flexibility index (Phi) is 5.01. The largest absolute Gasteiger partial charge is 0.489 e. The molecule has 1 heterocycles. The number of aliphatic hydroxyl groups is 2. The Hall–Kier alpha value is -1.33. The first-order valence-electron chi connectivity index (χ1n) is 5.16. The van der Waals surface area contributed by atoms with E-state index in [1.54, 1.807) is 18.3 Å². The summed E-state index contributed by atoms with van der Waals surface area (Å²) >= 11 is 0. The van der Waals surface area contributed by atoms with E-state index < -0.39 is 6.10 Å². The second-order valence-electron chi connectivity index (χ2n) is 3.60. The fraction of sp³-hybridized carbons (Fsp3) is 0.545. The summed E-state index contributed by atoms with van der Waals surface area (Å²) in [4.78, 5) is 4.00. The minimum absolute atomic E-state index is 0.0937. The van der Waals surface area contributed by atoms with Crippen molar-refractivity contribution in [2.75, 3.05) is 13.2 Å². The summed E-state index contributed by atoms with van der Waals surface area (Å²) in [6.45, 7) is 3.36. The molecule has 0 aliphatic carbocycles. The van der Waals surface area contributed by atoms with Crippen LogP contribution in [0.15, 0.2) is 18.3 Å². The van der Waals surface area contributed by atoms with Crippen molar-refractivity contribution in [3.63, 3.8) is 0 Å². The van der Waals surface area contributed by atoms with Gasteiger partial charge in [0.15, 0.2) is 0 Å². The number of hydrogen-bond donors (Lipinski definition) is 2. The molecule has 0 fully saturated rings. The lowest BCUT2D eigenvalue weighted by atomic mass is 10.4. The molecule has 5 nitrogen and oxygen atoms in total. The molecular weight excluding hydrogens is 210 g/mol. The highest BCUT2D eigenvalue weighted by molar-refractivity contribution is 5.23. The molecule has 1 aromatic heterocycles. The molecule has 0 unspecified atom stereocenters. The van der Waals surface area contributed by atoms with Gasteiger partial charge in [-0.1, -0.05) is 0 Å². The number of ether oxygens (including phenoxy) is 2. The quantitative estimate of drug-likeness (QED) is 0.744. The smallest absolute Gasteiger partial charge is 0.213 e. The van der Waals surface area contributed by atoms with E-state index in [2.05, 4.69) is 4.98 Å². The van der Waals surface area contributed by atoms with E-state index in [1.807, 2.05) is 13.8 Å². The van der Waals surface area contributed by atoms with Gasteiger partial charge in [0.1, 0.15) is 11.9 Å². The van der Waals surface area contributed by atoms with Gasteiger partial charge in [0.2, 0.25) is 5.88 Å². The van der Waals surface area contributed by atoms with Crippen LogP contribution < -0.4 is 9.47 Å². The van der Waals surface area contributed by atoms with Crippen molar-refractivity contribution >= 4 is 0 Å². The van der Waals surface area contributed by atoms with Gasteiger partial charge >= 0.3 is 0 Å². The van der Waals surface area contributed by atoms with Crippen LogP contribution in [0.3, 0.4) is 0 Å². The van der Waals surface area contributed by atoms with E-state index in [0.29, 0.717) is 11.6 Å². The molecule has 0 radical (unpaired) electrons.